The number of fused-ring (bicyclic) bond motifs is 1. The fraction of sp³-hybridized carbons (Fsp3) is 0.143. The number of hydrogen-bond donors (Lipinski definition) is 4. The molecule has 0 saturated carbocycles. The van der Waals surface area contributed by atoms with Crippen LogP contribution in [0.1, 0.15) is 28.4 Å². The fourth-order valence-corrected chi connectivity index (χ4v) is 4.21. The van der Waals surface area contributed by atoms with Gasteiger partial charge in [0.05, 0.1) is 17.6 Å². The van der Waals surface area contributed by atoms with Crippen LogP contribution in [0.5, 0.6) is 0 Å². The number of aromatic nitrogens is 4. The van der Waals surface area contributed by atoms with Gasteiger partial charge in [-0.3, -0.25) is 4.79 Å². The van der Waals surface area contributed by atoms with Crippen LogP contribution in [0, 0.1) is 5.82 Å². The quantitative estimate of drug-likeness (QED) is 0.187. The van der Waals surface area contributed by atoms with Gasteiger partial charge in [-0.25, -0.2) is 19.2 Å². The topological polar surface area (TPSA) is 139 Å². The molecule has 5 N–H and O–H groups in total. The predicted octanol–water partition coefficient (Wildman–Crippen LogP) is 5.65. The van der Waals surface area contributed by atoms with Gasteiger partial charge in [-0.1, -0.05) is 19.1 Å². The van der Waals surface area contributed by atoms with Crippen molar-refractivity contribution in [3.8, 4) is 11.3 Å². The second-order valence-corrected chi connectivity index (χ2v) is 8.82. The number of carboxylic acids is 1. The molecular formula is C28H24F4N6O3. The first kappa shape index (κ1) is 28.8. The molecule has 9 nitrogen and oxygen atoms in total. The molecule has 0 saturated heterocycles. The smallest absolute Gasteiger partial charge is 0.475 e. The summed E-state index contributed by atoms with van der Waals surface area (Å²) in [5.41, 5.74) is 11.9. The molecule has 0 spiro atoms. The zero-order valence-electron chi connectivity index (χ0n) is 21.5. The van der Waals surface area contributed by atoms with Gasteiger partial charge >= 0.3 is 12.1 Å². The molecule has 0 radical (unpaired) electrons. The Hall–Kier alpha value is -5.20. The van der Waals surface area contributed by atoms with Crippen LogP contribution in [0.25, 0.3) is 22.3 Å². The molecule has 0 aliphatic carbocycles. The molecule has 0 unspecified atom stereocenters. The molecule has 0 bridgehead atoms. The maximum absolute atomic E-state index is 13.4. The van der Waals surface area contributed by atoms with Crippen LogP contribution in [0.2, 0.25) is 0 Å². The number of primary amides is 1. The van der Waals surface area contributed by atoms with E-state index < -0.39 is 18.1 Å². The first-order valence-corrected chi connectivity index (χ1v) is 12.2. The van der Waals surface area contributed by atoms with Crippen molar-refractivity contribution in [3.05, 3.63) is 96.0 Å². The lowest BCUT2D eigenvalue weighted by Gasteiger charge is -2.17. The number of nitrogens with two attached hydrogens (primary N) is 1. The molecule has 1 amide bonds. The van der Waals surface area contributed by atoms with Crippen molar-refractivity contribution in [3.63, 3.8) is 0 Å². The Morgan fingerprint density at radius 1 is 1.15 bits per heavy atom. The molecule has 0 aliphatic rings. The predicted molar refractivity (Wildman–Crippen MR) is 144 cm³/mol. The number of alkyl halides is 3. The monoisotopic (exact) mass is 568 g/mol. The van der Waals surface area contributed by atoms with E-state index in [-0.39, 0.29) is 5.82 Å². The Morgan fingerprint density at radius 2 is 1.85 bits per heavy atom. The Kier molecular flexibility index (Phi) is 8.36. The Balaban J connectivity index is 0.000000493. The molecule has 13 heteroatoms. The molecule has 5 rings (SSSR count). The third-order valence-corrected chi connectivity index (χ3v) is 6.12. The maximum atomic E-state index is 13.4. The number of hydrogen-bond acceptors (Lipinski definition) is 5. The van der Waals surface area contributed by atoms with Gasteiger partial charge in [0.25, 0.3) is 5.91 Å². The highest BCUT2D eigenvalue weighted by Crippen LogP contribution is 2.34. The van der Waals surface area contributed by atoms with Gasteiger partial charge in [0.2, 0.25) is 0 Å². The third kappa shape index (κ3) is 6.69. The minimum absolute atomic E-state index is 0.291. The van der Waals surface area contributed by atoms with E-state index in [9.17, 15) is 22.4 Å². The number of nitrogens with zero attached hydrogens (tertiary/aromatic N) is 3. The van der Waals surface area contributed by atoms with Crippen LogP contribution in [-0.4, -0.2) is 42.7 Å². The second kappa shape index (κ2) is 11.9. The Labute approximate surface area is 230 Å². The summed E-state index contributed by atoms with van der Waals surface area (Å²) in [7, 11) is 0. The minimum atomic E-state index is -5.08. The summed E-state index contributed by atoms with van der Waals surface area (Å²) >= 11 is 0. The SMILES string of the molecule is CCc1c(Cn2ccnc2)cccc1Nc1c(C(N)=O)cnc2[nH]c(-c3ccc(F)cc3)cc12.O=C(O)C(F)(F)F. The van der Waals surface area contributed by atoms with Crippen LogP contribution in [-0.2, 0) is 17.8 Å². The highest BCUT2D eigenvalue weighted by Gasteiger charge is 2.38. The van der Waals surface area contributed by atoms with Gasteiger partial charge in [-0.15, -0.1) is 0 Å². The molecule has 0 aliphatic heterocycles. The number of pyridine rings is 1. The van der Waals surface area contributed by atoms with Crippen molar-refractivity contribution in [1.29, 1.82) is 0 Å². The largest absolute Gasteiger partial charge is 0.490 e. The van der Waals surface area contributed by atoms with E-state index in [4.69, 9.17) is 15.6 Å². The first-order chi connectivity index (χ1) is 19.5. The van der Waals surface area contributed by atoms with Gasteiger partial charge < -0.3 is 25.7 Å². The number of amides is 1. The molecule has 5 aromatic rings. The highest BCUT2D eigenvalue weighted by molar-refractivity contribution is 6.08. The number of H-pyrrole nitrogens is 1. The molecule has 41 heavy (non-hydrogen) atoms. The highest BCUT2D eigenvalue weighted by atomic mass is 19.4. The van der Waals surface area contributed by atoms with E-state index in [2.05, 4.69) is 33.3 Å². The fourth-order valence-electron chi connectivity index (χ4n) is 4.21. The lowest BCUT2D eigenvalue weighted by molar-refractivity contribution is -0.192. The maximum Gasteiger partial charge on any atom is 0.490 e. The van der Waals surface area contributed by atoms with Crippen molar-refractivity contribution >= 4 is 34.3 Å². The van der Waals surface area contributed by atoms with Crippen LogP contribution < -0.4 is 11.1 Å². The van der Waals surface area contributed by atoms with Crippen molar-refractivity contribution in [2.45, 2.75) is 26.1 Å². The minimum Gasteiger partial charge on any atom is -0.475 e. The van der Waals surface area contributed by atoms with E-state index in [1.165, 1.54) is 18.3 Å². The average Bonchev–Trinajstić information content (AvgIpc) is 3.59. The number of carboxylic acid groups (broad SMARTS) is 1. The van der Waals surface area contributed by atoms with E-state index >= 15 is 0 Å². The van der Waals surface area contributed by atoms with Crippen molar-refractivity contribution in [2.75, 3.05) is 5.32 Å². The number of anilines is 2. The number of carbonyl (C=O) groups is 2. The molecule has 0 fully saturated rings. The van der Waals surface area contributed by atoms with Crippen LogP contribution in [0.3, 0.4) is 0 Å². The van der Waals surface area contributed by atoms with Gasteiger partial charge in [-0.05, 0) is 59.5 Å². The average molecular weight is 569 g/mol. The lowest BCUT2D eigenvalue weighted by atomic mass is 10.0. The molecular weight excluding hydrogens is 544 g/mol. The summed E-state index contributed by atoms with van der Waals surface area (Å²) in [5.74, 6) is -3.64. The summed E-state index contributed by atoms with van der Waals surface area (Å²) in [5, 5.41) is 11.3. The lowest BCUT2D eigenvalue weighted by Crippen LogP contribution is -2.21. The third-order valence-electron chi connectivity index (χ3n) is 6.12. The zero-order chi connectivity index (χ0) is 29.7. The molecule has 2 aromatic carbocycles. The standard InChI is InChI=1S/C26H23FN6O.C2HF3O2/c1-2-19-17(14-33-11-10-29-15-33)4-3-5-22(19)31-24-20-12-23(16-6-8-18(27)9-7-16)32-26(20)30-13-21(24)25(28)34;3-2(4,5)1(6)7/h3-13,15H,2,14H2,1H3,(H2,28,34)(H2,30,31,32);(H,6,7). The number of nitrogens with one attached hydrogen (secondary N) is 2. The van der Waals surface area contributed by atoms with Gasteiger partial charge in [0.1, 0.15) is 11.5 Å². The van der Waals surface area contributed by atoms with Crippen LogP contribution in [0.15, 0.2) is 73.4 Å². The first-order valence-electron chi connectivity index (χ1n) is 12.2. The number of carbonyl (C=O) groups excluding carboxylic acids is 1. The number of aliphatic carboxylic acids is 1. The Bertz CT molecular complexity index is 1680. The number of halogens is 4. The Morgan fingerprint density at radius 3 is 2.44 bits per heavy atom. The number of aromatic amines is 1. The summed E-state index contributed by atoms with van der Waals surface area (Å²) in [6.45, 7) is 2.78. The summed E-state index contributed by atoms with van der Waals surface area (Å²) < 4.78 is 47.1. The number of imidazole rings is 1. The second-order valence-electron chi connectivity index (χ2n) is 8.82. The summed E-state index contributed by atoms with van der Waals surface area (Å²) in [6.07, 6.45) is 2.65. The summed E-state index contributed by atoms with van der Waals surface area (Å²) in [6, 6.07) is 14.1. The van der Waals surface area contributed by atoms with Crippen molar-refractivity contribution < 1.29 is 32.3 Å². The van der Waals surface area contributed by atoms with Gasteiger partial charge in [0, 0.05) is 41.9 Å². The summed E-state index contributed by atoms with van der Waals surface area (Å²) in [4.78, 5) is 33.0. The van der Waals surface area contributed by atoms with E-state index in [1.807, 2.05) is 29.0 Å². The zero-order valence-corrected chi connectivity index (χ0v) is 21.5. The van der Waals surface area contributed by atoms with E-state index in [0.29, 0.717) is 23.4 Å². The van der Waals surface area contributed by atoms with Crippen molar-refractivity contribution in [2.24, 2.45) is 5.73 Å². The number of benzene rings is 2. The van der Waals surface area contributed by atoms with Crippen LogP contribution in [0.4, 0.5) is 28.9 Å². The van der Waals surface area contributed by atoms with E-state index in [1.54, 1.807) is 24.7 Å². The van der Waals surface area contributed by atoms with Crippen molar-refractivity contribution in [1.82, 2.24) is 19.5 Å². The van der Waals surface area contributed by atoms with Gasteiger partial charge in [0.15, 0.2) is 0 Å². The molecule has 0 atom stereocenters. The molecule has 3 heterocycles. The molecule has 212 valence electrons. The van der Waals surface area contributed by atoms with Crippen LogP contribution >= 0.6 is 0 Å². The molecule has 3 aromatic heterocycles. The van der Waals surface area contributed by atoms with Gasteiger partial charge in [-0.2, -0.15) is 13.2 Å². The number of rotatable bonds is 7. The normalized spacial score (nSPS) is 11.1. The van der Waals surface area contributed by atoms with E-state index in [0.717, 1.165) is 39.9 Å².